The van der Waals surface area contributed by atoms with Gasteiger partial charge in [-0.3, -0.25) is 0 Å². The number of aliphatic carboxylic acids is 1. The summed E-state index contributed by atoms with van der Waals surface area (Å²) in [7, 11) is 3.13. The van der Waals surface area contributed by atoms with Gasteiger partial charge in [0.15, 0.2) is 11.5 Å². The second-order valence-electron chi connectivity index (χ2n) is 5.39. The number of methoxy groups -OCH3 is 2. The zero-order valence-corrected chi connectivity index (χ0v) is 14.8. The first-order chi connectivity index (χ1) is 12.0. The van der Waals surface area contributed by atoms with Gasteiger partial charge in [-0.05, 0) is 60.9 Å². The lowest BCUT2D eigenvalue weighted by atomic mass is 9.98. The van der Waals surface area contributed by atoms with Gasteiger partial charge in [0.25, 0.3) is 0 Å². The molecule has 25 heavy (non-hydrogen) atoms. The van der Waals surface area contributed by atoms with Crippen LogP contribution in [-0.4, -0.2) is 31.9 Å². The maximum Gasteiger partial charge on any atom is 0.336 e. The highest BCUT2D eigenvalue weighted by Gasteiger charge is 2.14. The van der Waals surface area contributed by atoms with Crippen LogP contribution < -0.4 is 14.2 Å². The van der Waals surface area contributed by atoms with Crippen molar-refractivity contribution < 1.29 is 24.1 Å². The van der Waals surface area contributed by atoms with Crippen molar-refractivity contribution in [2.45, 2.75) is 13.8 Å². The Kier molecular flexibility index (Phi) is 6.06. The van der Waals surface area contributed by atoms with Crippen LogP contribution in [0.3, 0.4) is 0 Å². The summed E-state index contributed by atoms with van der Waals surface area (Å²) < 4.78 is 16.0. The zero-order chi connectivity index (χ0) is 18.4. The standard InChI is InChI=1S/C20H22O5/c1-5-25-18-9-6-14(12-19(18)24-4)11-17(20(21)22)16-8-7-15(23-3)10-13(16)2/h6-12H,5H2,1-4H3,(H,21,22)/b17-11-. The Balaban J connectivity index is 2.49. The Morgan fingerprint density at radius 1 is 1.08 bits per heavy atom. The van der Waals surface area contributed by atoms with Crippen LogP contribution in [0.5, 0.6) is 17.2 Å². The van der Waals surface area contributed by atoms with Crippen molar-refractivity contribution in [2.24, 2.45) is 0 Å². The first kappa shape index (κ1) is 18.4. The van der Waals surface area contributed by atoms with Crippen LogP contribution >= 0.6 is 0 Å². The van der Waals surface area contributed by atoms with Gasteiger partial charge in [-0.1, -0.05) is 12.1 Å². The summed E-state index contributed by atoms with van der Waals surface area (Å²) in [5.41, 5.74) is 2.38. The van der Waals surface area contributed by atoms with Crippen LogP contribution in [0.2, 0.25) is 0 Å². The van der Waals surface area contributed by atoms with E-state index in [2.05, 4.69) is 0 Å². The quantitative estimate of drug-likeness (QED) is 0.608. The zero-order valence-electron chi connectivity index (χ0n) is 14.8. The summed E-state index contributed by atoms with van der Waals surface area (Å²) in [6.45, 7) is 4.27. The summed E-state index contributed by atoms with van der Waals surface area (Å²) in [5.74, 6) is 0.876. The van der Waals surface area contributed by atoms with E-state index in [9.17, 15) is 9.90 Å². The molecule has 0 amide bonds. The minimum absolute atomic E-state index is 0.200. The van der Waals surface area contributed by atoms with Gasteiger partial charge < -0.3 is 19.3 Å². The normalized spacial score (nSPS) is 11.1. The predicted octanol–water partition coefficient (Wildman–Crippen LogP) is 4.04. The van der Waals surface area contributed by atoms with E-state index in [1.165, 1.54) is 0 Å². The second-order valence-corrected chi connectivity index (χ2v) is 5.39. The number of carboxylic acid groups (broad SMARTS) is 1. The van der Waals surface area contributed by atoms with E-state index in [1.807, 2.05) is 19.9 Å². The van der Waals surface area contributed by atoms with Crippen LogP contribution in [-0.2, 0) is 4.79 Å². The fraction of sp³-hybridized carbons (Fsp3) is 0.250. The van der Waals surface area contributed by atoms with Crippen molar-refractivity contribution in [3.8, 4) is 17.2 Å². The summed E-state index contributed by atoms with van der Waals surface area (Å²) in [5, 5.41) is 9.65. The van der Waals surface area contributed by atoms with E-state index < -0.39 is 5.97 Å². The molecular formula is C20H22O5. The smallest absolute Gasteiger partial charge is 0.336 e. The van der Waals surface area contributed by atoms with Crippen LogP contribution in [0.25, 0.3) is 11.6 Å². The lowest BCUT2D eigenvalue weighted by molar-refractivity contribution is -0.130. The van der Waals surface area contributed by atoms with Gasteiger partial charge in [-0.2, -0.15) is 0 Å². The highest BCUT2D eigenvalue weighted by molar-refractivity contribution is 6.21. The molecule has 5 heteroatoms. The summed E-state index contributed by atoms with van der Waals surface area (Å²) in [6.07, 6.45) is 1.62. The Morgan fingerprint density at radius 2 is 1.84 bits per heavy atom. The Labute approximate surface area is 147 Å². The topological polar surface area (TPSA) is 65.0 Å². The summed E-state index contributed by atoms with van der Waals surface area (Å²) >= 11 is 0. The number of hydrogen-bond acceptors (Lipinski definition) is 4. The average Bonchev–Trinajstić information content (AvgIpc) is 2.61. The highest BCUT2D eigenvalue weighted by Crippen LogP contribution is 2.31. The van der Waals surface area contributed by atoms with E-state index in [1.54, 1.807) is 50.6 Å². The van der Waals surface area contributed by atoms with Crippen molar-refractivity contribution in [3.05, 3.63) is 53.1 Å². The van der Waals surface area contributed by atoms with Gasteiger partial charge in [0, 0.05) is 0 Å². The molecular weight excluding hydrogens is 320 g/mol. The van der Waals surface area contributed by atoms with E-state index in [0.717, 1.165) is 5.56 Å². The van der Waals surface area contributed by atoms with E-state index in [4.69, 9.17) is 14.2 Å². The number of carboxylic acids is 1. The van der Waals surface area contributed by atoms with Crippen LogP contribution in [0.1, 0.15) is 23.6 Å². The van der Waals surface area contributed by atoms with Crippen LogP contribution in [0.15, 0.2) is 36.4 Å². The molecule has 0 unspecified atom stereocenters. The maximum atomic E-state index is 11.8. The third-order valence-corrected chi connectivity index (χ3v) is 3.75. The van der Waals surface area contributed by atoms with Gasteiger partial charge in [0.1, 0.15) is 5.75 Å². The molecule has 0 spiro atoms. The molecule has 2 aromatic carbocycles. The maximum absolute atomic E-state index is 11.8. The van der Waals surface area contributed by atoms with Crippen LogP contribution in [0, 0.1) is 6.92 Å². The minimum Gasteiger partial charge on any atom is -0.497 e. The van der Waals surface area contributed by atoms with Crippen molar-refractivity contribution >= 4 is 17.6 Å². The molecule has 0 aliphatic heterocycles. The number of ether oxygens (including phenoxy) is 3. The SMILES string of the molecule is CCOc1ccc(/C=C(\C(=O)O)c2ccc(OC)cc2C)cc1OC. The predicted molar refractivity (Wildman–Crippen MR) is 97.4 cm³/mol. The summed E-state index contributed by atoms with van der Waals surface area (Å²) in [6, 6.07) is 10.6. The van der Waals surface area contributed by atoms with Crippen molar-refractivity contribution in [1.29, 1.82) is 0 Å². The molecule has 0 saturated heterocycles. The Bertz CT molecular complexity index is 793. The number of aryl methyl sites for hydroxylation is 1. The van der Waals surface area contributed by atoms with E-state index in [0.29, 0.717) is 35.0 Å². The van der Waals surface area contributed by atoms with E-state index in [-0.39, 0.29) is 5.57 Å². The largest absolute Gasteiger partial charge is 0.497 e. The monoisotopic (exact) mass is 342 g/mol. The molecule has 0 bridgehead atoms. The number of benzene rings is 2. The van der Waals surface area contributed by atoms with Gasteiger partial charge in [-0.25, -0.2) is 4.79 Å². The Hall–Kier alpha value is -2.95. The molecule has 0 aliphatic rings. The molecule has 1 N–H and O–H groups in total. The molecule has 0 fully saturated rings. The van der Waals surface area contributed by atoms with Gasteiger partial charge >= 0.3 is 5.97 Å². The lowest BCUT2D eigenvalue weighted by Gasteiger charge is -2.11. The van der Waals surface area contributed by atoms with Crippen molar-refractivity contribution in [1.82, 2.24) is 0 Å². The second kappa shape index (κ2) is 8.24. The number of rotatable bonds is 7. The molecule has 0 aromatic heterocycles. The fourth-order valence-electron chi connectivity index (χ4n) is 2.54. The average molecular weight is 342 g/mol. The van der Waals surface area contributed by atoms with Crippen LogP contribution in [0.4, 0.5) is 0 Å². The fourth-order valence-corrected chi connectivity index (χ4v) is 2.54. The molecule has 2 rings (SSSR count). The minimum atomic E-state index is -0.999. The molecule has 0 atom stereocenters. The number of carbonyl (C=O) groups is 1. The molecule has 5 nitrogen and oxygen atoms in total. The molecule has 132 valence electrons. The molecule has 0 aliphatic carbocycles. The summed E-state index contributed by atoms with van der Waals surface area (Å²) in [4.78, 5) is 11.8. The van der Waals surface area contributed by atoms with Crippen molar-refractivity contribution in [2.75, 3.05) is 20.8 Å². The van der Waals surface area contributed by atoms with Gasteiger partial charge in [-0.15, -0.1) is 0 Å². The number of hydrogen-bond donors (Lipinski definition) is 1. The molecule has 2 aromatic rings. The molecule has 0 heterocycles. The van der Waals surface area contributed by atoms with Crippen molar-refractivity contribution in [3.63, 3.8) is 0 Å². The van der Waals surface area contributed by atoms with E-state index >= 15 is 0 Å². The first-order valence-electron chi connectivity index (χ1n) is 7.91. The van der Waals surface area contributed by atoms with Gasteiger partial charge in [0.05, 0.1) is 26.4 Å². The molecule has 0 radical (unpaired) electrons. The lowest BCUT2D eigenvalue weighted by Crippen LogP contribution is -2.02. The molecule has 0 saturated carbocycles. The highest BCUT2D eigenvalue weighted by atomic mass is 16.5. The van der Waals surface area contributed by atoms with Gasteiger partial charge in [0.2, 0.25) is 0 Å². The third-order valence-electron chi connectivity index (χ3n) is 3.75. The Morgan fingerprint density at radius 3 is 2.40 bits per heavy atom. The first-order valence-corrected chi connectivity index (χ1v) is 7.91. The third kappa shape index (κ3) is 4.32.